The maximum atomic E-state index is 12.5. The fourth-order valence-electron chi connectivity index (χ4n) is 3.21. The number of anilines is 1. The average molecular weight is 555 g/mol. The molecule has 0 aliphatic carbocycles. The molecule has 1 heterocycles. The Morgan fingerprint density at radius 3 is 2.62 bits per heavy atom. The minimum atomic E-state index is -1.22. The molecule has 0 unspecified atom stereocenters. The molecule has 0 fully saturated rings. The van der Waals surface area contributed by atoms with Crippen LogP contribution in [0, 0.1) is 0 Å². The molecule has 34 heavy (non-hydrogen) atoms. The van der Waals surface area contributed by atoms with E-state index in [-0.39, 0.29) is 32.1 Å². The maximum absolute atomic E-state index is 12.5. The van der Waals surface area contributed by atoms with Crippen molar-refractivity contribution in [3.63, 3.8) is 0 Å². The number of nitrogens with one attached hydrogen (secondary N) is 4. The van der Waals surface area contributed by atoms with Crippen molar-refractivity contribution in [2.75, 3.05) is 25.0 Å². The monoisotopic (exact) mass is 553 g/mol. The number of hydrogen-bond donors (Lipinski definition) is 7. The number of amides is 2. The topological polar surface area (TPSA) is 172 Å². The zero-order chi connectivity index (χ0) is 24.8. The quantitative estimate of drug-likeness (QED) is 0.259. The fourth-order valence-corrected chi connectivity index (χ4v) is 4.04. The second-order valence-corrected chi connectivity index (χ2v) is 8.57. The van der Waals surface area contributed by atoms with Gasteiger partial charge in [-0.05, 0) is 40.2 Å². The number of guanidine groups is 1. The van der Waals surface area contributed by atoms with E-state index >= 15 is 0 Å². The Labute approximate surface area is 207 Å². The van der Waals surface area contributed by atoms with Gasteiger partial charge in [-0.25, -0.2) is 0 Å². The van der Waals surface area contributed by atoms with Crippen LogP contribution in [0.15, 0.2) is 39.8 Å². The highest BCUT2D eigenvalue weighted by molar-refractivity contribution is 9.10. The van der Waals surface area contributed by atoms with Crippen molar-refractivity contribution in [3.05, 3.63) is 51.0 Å². The largest absolute Gasteiger partial charge is 0.508 e. The van der Waals surface area contributed by atoms with E-state index in [4.69, 9.17) is 11.6 Å². The lowest BCUT2D eigenvalue weighted by Crippen LogP contribution is -2.39. The average Bonchev–Trinajstić information content (AvgIpc) is 3.26. The normalized spacial score (nSPS) is 13.4. The number of benzene rings is 2. The van der Waals surface area contributed by atoms with Gasteiger partial charge in [-0.2, -0.15) is 0 Å². The van der Waals surface area contributed by atoms with E-state index in [1.807, 2.05) is 0 Å². The number of phenols is 2. The molecule has 13 heteroatoms. The van der Waals surface area contributed by atoms with Crippen LogP contribution >= 0.6 is 27.5 Å². The van der Waals surface area contributed by atoms with Gasteiger partial charge >= 0.3 is 5.97 Å². The summed E-state index contributed by atoms with van der Waals surface area (Å²) in [6.45, 7) is 0.802. The standard InChI is InChI=1S/C21H21BrClN5O6/c22-15-6-11(23)5-14(19(15)33)16(8-18(31)32)28-17(30)9-26-20(34)10-3-12(7-13(29)4-10)27-21-24-1-2-25-21/h3-7,16,29,33H,1-2,8-9H2,(H,26,34)(H,28,30)(H,31,32)(H2,24,25,27)/t16-/m0/s1. The second-order valence-electron chi connectivity index (χ2n) is 7.28. The number of carboxylic acid groups (broad SMARTS) is 1. The third-order valence-corrected chi connectivity index (χ3v) is 5.50. The number of aromatic hydroxyl groups is 2. The van der Waals surface area contributed by atoms with E-state index in [1.54, 1.807) is 0 Å². The minimum absolute atomic E-state index is 0.0902. The number of phenolic OH excluding ortho intramolecular Hbond substituents is 2. The van der Waals surface area contributed by atoms with Gasteiger partial charge in [0.25, 0.3) is 5.91 Å². The van der Waals surface area contributed by atoms with Gasteiger partial charge in [-0.1, -0.05) is 11.6 Å². The predicted octanol–water partition coefficient (Wildman–Crippen LogP) is 1.95. The first-order valence-electron chi connectivity index (χ1n) is 9.99. The number of carboxylic acids is 1. The van der Waals surface area contributed by atoms with Gasteiger partial charge in [0, 0.05) is 34.4 Å². The van der Waals surface area contributed by atoms with Gasteiger partial charge in [0.15, 0.2) is 5.96 Å². The molecule has 0 radical (unpaired) electrons. The van der Waals surface area contributed by atoms with Gasteiger partial charge < -0.3 is 36.6 Å². The van der Waals surface area contributed by atoms with E-state index in [0.717, 1.165) is 0 Å². The van der Waals surface area contributed by atoms with E-state index in [2.05, 4.69) is 42.2 Å². The molecule has 1 aliphatic heterocycles. The predicted molar refractivity (Wildman–Crippen MR) is 128 cm³/mol. The molecule has 180 valence electrons. The molecule has 1 aliphatic rings. The van der Waals surface area contributed by atoms with Crippen LogP contribution in [0.2, 0.25) is 5.02 Å². The lowest BCUT2D eigenvalue weighted by Gasteiger charge is -2.20. The van der Waals surface area contributed by atoms with Crippen LogP contribution in [0.25, 0.3) is 0 Å². The zero-order valence-electron chi connectivity index (χ0n) is 17.6. The molecule has 0 bridgehead atoms. The van der Waals surface area contributed by atoms with Crippen molar-refractivity contribution >= 4 is 57.0 Å². The molecule has 3 rings (SSSR count). The number of aliphatic imine (C=N–C) groups is 1. The van der Waals surface area contributed by atoms with Crippen LogP contribution < -0.4 is 21.3 Å². The van der Waals surface area contributed by atoms with E-state index in [9.17, 15) is 29.7 Å². The summed E-state index contributed by atoms with van der Waals surface area (Å²) in [7, 11) is 0. The van der Waals surface area contributed by atoms with Crippen molar-refractivity contribution in [2.24, 2.45) is 4.99 Å². The summed E-state index contributed by atoms with van der Waals surface area (Å²) >= 11 is 9.12. The first-order valence-corrected chi connectivity index (χ1v) is 11.2. The number of rotatable bonds is 8. The van der Waals surface area contributed by atoms with Crippen molar-refractivity contribution in [3.8, 4) is 11.5 Å². The smallest absolute Gasteiger partial charge is 0.305 e. The molecule has 0 saturated heterocycles. The molecule has 0 spiro atoms. The molecule has 2 aromatic carbocycles. The molecular formula is C21H21BrClN5O6. The second kappa shape index (κ2) is 11.1. The lowest BCUT2D eigenvalue weighted by atomic mass is 10.0. The van der Waals surface area contributed by atoms with Crippen molar-refractivity contribution in [1.29, 1.82) is 0 Å². The van der Waals surface area contributed by atoms with Gasteiger partial charge in [-0.3, -0.25) is 19.4 Å². The van der Waals surface area contributed by atoms with Crippen LogP contribution in [-0.4, -0.2) is 58.7 Å². The van der Waals surface area contributed by atoms with E-state index in [0.29, 0.717) is 24.7 Å². The number of carbonyl (C=O) groups is 3. The van der Waals surface area contributed by atoms with Crippen molar-refractivity contribution < 1.29 is 29.7 Å². The third-order valence-electron chi connectivity index (χ3n) is 4.67. The van der Waals surface area contributed by atoms with Gasteiger partial charge in [0.1, 0.15) is 11.5 Å². The van der Waals surface area contributed by atoms with E-state index < -0.39 is 36.8 Å². The van der Waals surface area contributed by atoms with Crippen molar-refractivity contribution in [2.45, 2.75) is 12.5 Å². The highest BCUT2D eigenvalue weighted by atomic mass is 79.9. The number of aliphatic carboxylic acids is 1. The number of halogens is 2. The number of nitrogens with zero attached hydrogens (tertiary/aromatic N) is 1. The Morgan fingerprint density at radius 1 is 1.18 bits per heavy atom. The Kier molecular flexibility index (Phi) is 8.18. The molecule has 0 saturated carbocycles. The Morgan fingerprint density at radius 2 is 1.94 bits per heavy atom. The van der Waals surface area contributed by atoms with Gasteiger partial charge in [0.05, 0.1) is 30.0 Å². The van der Waals surface area contributed by atoms with Crippen LogP contribution in [0.4, 0.5) is 5.69 Å². The minimum Gasteiger partial charge on any atom is -0.508 e. The molecule has 11 nitrogen and oxygen atoms in total. The van der Waals surface area contributed by atoms with Crippen LogP contribution in [-0.2, 0) is 9.59 Å². The Bertz CT molecular complexity index is 1160. The Balaban J connectivity index is 1.66. The van der Waals surface area contributed by atoms with Gasteiger partial charge in [0.2, 0.25) is 5.91 Å². The fraction of sp³-hybridized carbons (Fsp3) is 0.238. The lowest BCUT2D eigenvalue weighted by molar-refractivity contribution is -0.137. The summed E-state index contributed by atoms with van der Waals surface area (Å²) in [6, 6.07) is 5.79. The summed E-state index contributed by atoms with van der Waals surface area (Å²) in [5, 5.41) is 40.5. The molecule has 2 aromatic rings. The van der Waals surface area contributed by atoms with Crippen LogP contribution in [0.3, 0.4) is 0 Å². The zero-order valence-corrected chi connectivity index (χ0v) is 19.9. The Hall–Kier alpha value is -3.51. The van der Waals surface area contributed by atoms with Crippen LogP contribution in [0.5, 0.6) is 11.5 Å². The first-order chi connectivity index (χ1) is 16.1. The number of hydrogen-bond acceptors (Lipinski definition) is 8. The number of carbonyl (C=O) groups excluding carboxylic acids is 2. The summed E-state index contributed by atoms with van der Waals surface area (Å²) in [4.78, 5) is 40.5. The van der Waals surface area contributed by atoms with Crippen molar-refractivity contribution in [1.82, 2.24) is 16.0 Å². The summed E-state index contributed by atoms with van der Waals surface area (Å²) in [5.74, 6) is -2.47. The molecule has 0 aromatic heterocycles. The summed E-state index contributed by atoms with van der Waals surface area (Å²) in [6.07, 6.45) is -0.528. The maximum Gasteiger partial charge on any atom is 0.305 e. The van der Waals surface area contributed by atoms with Crippen LogP contribution in [0.1, 0.15) is 28.4 Å². The third kappa shape index (κ3) is 6.75. The molecular weight excluding hydrogens is 534 g/mol. The molecule has 1 atom stereocenters. The first kappa shape index (κ1) is 25.1. The van der Waals surface area contributed by atoms with Gasteiger partial charge in [-0.15, -0.1) is 0 Å². The molecule has 7 N–H and O–H groups in total. The molecule has 2 amide bonds. The summed E-state index contributed by atoms with van der Waals surface area (Å²) < 4.78 is 0.236. The summed E-state index contributed by atoms with van der Waals surface area (Å²) in [5.41, 5.74) is 0.618. The highest BCUT2D eigenvalue weighted by Crippen LogP contribution is 2.36. The highest BCUT2D eigenvalue weighted by Gasteiger charge is 2.23. The SMILES string of the molecule is O=C(O)C[C@H](NC(=O)CNC(=O)c1cc(O)cc(NC2=NCCN2)c1)c1cc(Cl)cc(Br)c1O. The van der Waals surface area contributed by atoms with E-state index in [1.165, 1.54) is 30.3 Å².